The van der Waals surface area contributed by atoms with Gasteiger partial charge in [-0.15, -0.1) is 0 Å². The molecule has 30 heavy (non-hydrogen) atoms. The van der Waals surface area contributed by atoms with Gasteiger partial charge in [0.15, 0.2) is 5.82 Å². The van der Waals surface area contributed by atoms with Gasteiger partial charge in [0.05, 0.1) is 5.52 Å². The summed E-state index contributed by atoms with van der Waals surface area (Å²) in [5.41, 5.74) is 3.59. The molecule has 0 saturated carbocycles. The average molecular weight is 397 g/mol. The molecule has 0 aliphatic heterocycles. The van der Waals surface area contributed by atoms with Crippen LogP contribution in [0.3, 0.4) is 0 Å². The number of para-hydroxylation sites is 1. The van der Waals surface area contributed by atoms with Crippen LogP contribution in [0.2, 0.25) is 0 Å². The molecular formula is C23H16FN5O. The van der Waals surface area contributed by atoms with Crippen molar-refractivity contribution < 1.29 is 9.13 Å². The zero-order valence-electron chi connectivity index (χ0n) is 15.7. The van der Waals surface area contributed by atoms with Gasteiger partial charge in [-0.2, -0.15) is 0 Å². The van der Waals surface area contributed by atoms with Crippen LogP contribution in [0, 0.1) is 5.82 Å². The third kappa shape index (κ3) is 3.56. The van der Waals surface area contributed by atoms with Crippen molar-refractivity contribution in [2.45, 2.75) is 0 Å². The zero-order valence-corrected chi connectivity index (χ0v) is 15.7. The van der Waals surface area contributed by atoms with Crippen LogP contribution in [0.5, 0.6) is 11.6 Å². The first-order valence-electron chi connectivity index (χ1n) is 9.31. The SMILES string of the molecule is Fc1cccc2[nH]c(Nc3ccc(Oc4ncccc4-c4ccncc4)cc3)nc12. The smallest absolute Gasteiger partial charge is 0.227 e. The van der Waals surface area contributed by atoms with Gasteiger partial charge in [0, 0.05) is 29.8 Å². The Bertz CT molecular complexity index is 1300. The molecule has 6 nitrogen and oxygen atoms in total. The molecule has 3 heterocycles. The topological polar surface area (TPSA) is 75.7 Å². The van der Waals surface area contributed by atoms with Gasteiger partial charge < -0.3 is 15.0 Å². The normalized spacial score (nSPS) is 10.8. The van der Waals surface area contributed by atoms with Crippen LogP contribution in [0.1, 0.15) is 0 Å². The van der Waals surface area contributed by atoms with E-state index >= 15 is 0 Å². The van der Waals surface area contributed by atoms with E-state index in [-0.39, 0.29) is 5.82 Å². The maximum Gasteiger partial charge on any atom is 0.227 e. The highest BCUT2D eigenvalue weighted by atomic mass is 19.1. The largest absolute Gasteiger partial charge is 0.438 e. The van der Waals surface area contributed by atoms with Crippen LogP contribution in [0.15, 0.2) is 85.3 Å². The molecule has 2 N–H and O–H groups in total. The van der Waals surface area contributed by atoms with Crippen molar-refractivity contribution in [2.24, 2.45) is 0 Å². The van der Waals surface area contributed by atoms with E-state index in [2.05, 4.69) is 25.3 Å². The summed E-state index contributed by atoms with van der Waals surface area (Å²) in [6, 6.07) is 19.8. The average Bonchev–Trinajstić information content (AvgIpc) is 3.20. The van der Waals surface area contributed by atoms with E-state index in [0.29, 0.717) is 28.6 Å². The Hall–Kier alpha value is -4.26. The van der Waals surface area contributed by atoms with Crippen molar-refractivity contribution in [1.82, 2.24) is 19.9 Å². The summed E-state index contributed by atoms with van der Waals surface area (Å²) >= 11 is 0. The van der Waals surface area contributed by atoms with Crippen LogP contribution in [0.25, 0.3) is 22.2 Å². The monoisotopic (exact) mass is 397 g/mol. The Morgan fingerprint density at radius 3 is 2.50 bits per heavy atom. The van der Waals surface area contributed by atoms with Crippen LogP contribution in [-0.4, -0.2) is 19.9 Å². The molecule has 0 atom stereocenters. The fourth-order valence-electron chi connectivity index (χ4n) is 3.13. The molecule has 0 aliphatic rings. The number of rotatable bonds is 5. The Kier molecular flexibility index (Phi) is 4.53. The van der Waals surface area contributed by atoms with Crippen molar-refractivity contribution in [1.29, 1.82) is 0 Å². The predicted octanol–water partition coefficient (Wildman–Crippen LogP) is 5.69. The van der Waals surface area contributed by atoms with Crippen LogP contribution >= 0.6 is 0 Å². The van der Waals surface area contributed by atoms with Gasteiger partial charge in [-0.05, 0) is 66.2 Å². The molecule has 0 aliphatic carbocycles. The molecule has 2 aromatic carbocycles. The van der Waals surface area contributed by atoms with Gasteiger partial charge in [-0.3, -0.25) is 4.98 Å². The van der Waals surface area contributed by atoms with E-state index in [1.165, 1.54) is 6.07 Å². The first-order chi connectivity index (χ1) is 14.8. The van der Waals surface area contributed by atoms with Crippen LogP contribution in [0.4, 0.5) is 16.0 Å². The Morgan fingerprint density at radius 2 is 1.70 bits per heavy atom. The van der Waals surface area contributed by atoms with E-state index in [4.69, 9.17) is 4.74 Å². The van der Waals surface area contributed by atoms with Gasteiger partial charge in [-0.1, -0.05) is 6.07 Å². The standard InChI is InChI=1S/C23H16FN5O/c24-19-4-1-5-20-21(19)29-23(28-20)27-16-6-8-17(9-7-16)30-22-18(3-2-12-26-22)15-10-13-25-14-11-15/h1-14H,(H2,27,28,29). The number of nitrogens with one attached hydrogen (secondary N) is 2. The summed E-state index contributed by atoms with van der Waals surface area (Å²) < 4.78 is 19.8. The number of pyridine rings is 2. The molecule has 146 valence electrons. The highest BCUT2D eigenvalue weighted by Gasteiger charge is 2.10. The third-order valence-electron chi connectivity index (χ3n) is 4.56. The van der Waals surface area contributed by atoms with Gasteiger partial charge in [0.1, 0.15) is 11.3 Å². The Morgan fingerprint density at radius 1 is 0.867 bits per heavy atom. The zero-order chi connectivity index (χ0) is 20.3. The fourth-order valence-corrected chi connectivity index (χ4v) is 3.13. The number of anilines is 2. The summed E-state index contributed by atoms with van der Waals surface area (Å²) in [4.78, 5) is 15.7. The number of aromatic nitrogens is 4. The second-order valence-corrected chi connectivity index (χ2v) is 6.56. The molecule has 0 unspecified atom stereocenters. The molecule has 3 aromatic heterocycles. The van der Waals surface area contributed by atoms with E-state index < -0.39 is 0 Å². The first kappa shape index (κ1) is 17.8. The number of nitrogens with zero attached hydrogens (tertiary/aromatic N) is 3. The predicted molar refractivity (Wildman–Crippen MR) is 113 cm³/mol. The maximum absolute atomic E-state index is 13.8. The minimum absolute atomic E-state index is 0.304. The number of imidazole rings is 1. The van der Waals surface area contributed by atoms with Gasteiger partial charge >= 0.3 is 0 Å². The maximum atomic E-state index is 13.8. The molecule has 7 heteroatoms. The van der Waals surface area contributed by atoms with Crippen molar-refractivity contribution in [3.8, 4) is 22.8 Å². The molecule has 0 radical (unpaired) electrons. The van der Waals surface area contributed by atoms with Gasteiger partial charge in [-0.25, -0.2) is 14.4 Å². The van der Waals surface area contributed by atoms with E-state index in [1.54, 1.807) is 30.7 Å². The lowest BCUT2D eigenvalue weighted by Crippen LogP contribution is -1.94. The van der Waals surface area contributed by atoms with Gasteiger partial charge in [0.2, 0.25) is 11.8 Å². The van der Waals surface area contributed by atoms with Crippen molar-refractivity contribution >= 4 is 22.7 Å². The summed E-state index contributed by atoms with van der Waals surface area (Å²) in [5.74, 6) is 1.26. The number of H-pyrrole nitrogens is 1. The second-order valence-electron chi connectivity index (χ2n) is 6.56. The lowest BCUT2D eigenvalue weighted by Gasteiger charge is -2.10. The number of halogens is 1. The molecule has 5 aromatic rings. The van der Waals surface area contributed by atoms with Crippen LogP contribution in [-0.2, 0) is 0 Å². The molecule has 0 spiro atoms. The summed E-state index contributed by atoms with van der Waals surface area (Å²) in [7, 11) is 0. The number of hydrogen-bond acceptors (Lipinski definition) is 5. The molecule has 0 fully saturated rings. The van der Waals surface area contributed by atoms with Crippen molar-refractivity contribution in [2.75, 3.05) is 5.32 Å². The molecule has 0 bridgehead atoms. The van der Waals surface area contributed by atoms with E-state index in [1.807, 2.05) is 48.5 Å². The lowest BCUT2D eigenvalue weighted by atomic mass is 10.1. The summed E-state index contributed by atoms with van der Waals surface area (Å²) in [6.45, 7) is 0. The van der Waals surface area contributed by atoms with Crippen LogP contribution < -0.4 is 10.1 Å². The number of fused-ring (bicyclic) bond motifs is 1. The second kappa shape index (κ2) is 7.63. The number of ether oxygens (including phenoxy) is 1. The summed E-state index contributed by atoms with van der Waals surface area (Å²) in [6.07, 6.45) is 5.16. The third-order valence-corrected chi connectivity index (χ3v) is 4.56. The minimum Gasteiger partial charge on any atom is -0.438 e. The lowest BCUT2D eigenvalue weighted by molar-refractivity contribution is 0.465. The first-order valence-corrected chi connectivity index (χ1v) is 9.31. The number of aromatic amines is 1. The Balaban J connectivity index is 1.35. The molecule has 0 amide bonds. The highest BCUT2D eigenvalue weighted by molar-refractivity contribution is 5.79. The molecule has 0 saturated heterocycles. The molecular weight excluding hydrogens is 381 g/mol. The minimum atomic E-state index is -0.360. The quantitative estimate of drug-likeness (QED) is 0.398. The molecule has 5 rings (SSSR count). The Labute approximate surface area is 171 Å². The van der Waals surface area contributed by atoms with Gasteiger partial charge in [0.25, 0.3) is 0 Å². The van der Waals surface area contributed by atoms with E-state index in [0.717, 1.165) is 16.8 Å². The van der Waals surface area contributed by atoms with Crippen molar-refractivity contribution in [3.05, 3.63) is 91.1 Å². The van der Waals surface area contributed by atoms with E-state index in [9.17, 15) is 4.39 Å². The summed E-state index contributed by atoms with van der Waals surface area (Å²) in [5, 5.41) is 3.14. The fraction of sp³-hybridized carbons (Fsp3) is 0. The number of benzene rings is 2. The number of hydrogen-bond donors (Lipinski definition) is 2. The highest BCUT2D eigenvalue weighted by Crippen LogP contribution is 2.31. The van der Waals surface area contributed by atoms with Crippen molar-refractivity contribution in [3.63, 3.8) is 0 Å².